The van der Waals surface area contributed by atoms with E-state index in [1.54, 1.807) is 18.5 Å². The van der Waals surface area contributed by atoms with E-state index in [1.807, 2.05) is 6.07 Å². The molecule has 104 valence electrons. The number of nitro groups is 1. The Kier molecular flexibility index (Phi) is 4.31. The minimum absolute atomic E-state index is 0.0435. The predicted octanol–water partition coefficient (Wildman–Crippen LogP) is 2.56. The van der Waals surface area contributed by atoms with Gasteiger partial charge in [0.15, 0.2) is 0 Å². The summed E-state index contributed by atoms with van der Waals surface area (Å²) in [6, 6.07) is 5.03. The summed E-state index contributed by atoms with van der Waals surface area (Å²) in [5, 5.41) is 13.5. The van der Waals surface area contributed by atoms with Gasteiger partial charge in [0, 0.05) is 43.2 Å². The summed E-state index contributed by atoms with van der Waals surface area (Å²) in [5.41, 5.74) is 0.205. The molecule has 1 heterocycles. The number of nitrogens with zero attached hydrogens (tertiary/aromatic N) is 2. The van der Waals surface area contributed by atoms with Crippen LogP contribution in [0.5, 0.6) is 0 Å². The summed E-state index contributed by atoms with van der Waals surface area (Å²) in [4.78, 5) is 13.6. The van der Waals surface area contributed by atoms with Gasteiger partial charge in [-0.25, -0.2) is 4.39 Å². The van der Waals surface area contributed by atoms with Crippen molar-refractivity contribution in [2.24, 2.45) is 0 Å². The zero-order valence-electron chi connectivity index (χ0n) is 10.3. The lowest BCUT2D eigenvalue weighted by molar-refractivity contribution is -0.387. The molecule has 0 bridgehead atoms. The Morgan fingerprint density at radius 1 is 1.25 bits per heavy atom. The van der Waals surface area contributed by atoms with Crippen molar-refractivity contribution in [1.29, 1.82) is 0 Å². The molecule has 20 heavy (non-hydrogen) atoms. The number of hydrogen-bond donors (Lipinski definition) is 1. The van der Waals surface area contributed by atoms with Gasteiger partial charge >= 0.3 is 5.69 Å². The van der Waals surface area contributed by atoms with Crippen LogP contribution in [-0.4, -0.2) is 9.91 Å². The highest BCUT2D eigenvalue weighted by Gasteiger charge is 2.18. The van der Waals surface area contributed by atoms with E-state index in [4.69, 9.17) is 0 Å². The number of hydrogen-bond acceptors (Lipinski definition) is 4. The fourth-order valence-corrected chi connectivity index (χ4v) is 1.70. The van der Waals surface area contributed by atoms with Crippen molar-refractivity contribution in [2.45, 2.75) is 13.1 Å². The zero-order valence-corrected chi connectivity index (χ0v) is 10.3. The number of halogens is 2. The van der Waals surface area contributed by atoms with Crippen molar-refractivity contribution in [3.05, 3.63) is 69.5 Å². The van der Waals surface area contributed by atoms with Crippen LogP contribution in [0.3, 0.4) is 0 Å². The van der Waals surface area contributed by atoms with Crippen LogP contribution in [0.15, 0.2) is 36.7 Å². The zero-order chi connectivity index (χ0) is 14.5. The third kappa shape index (κ3) is 3.33. The Labute approximate surface area is 113 Å². The molecule has 1 N–H and O–H groups in total. The second-order valence-electron chi connectivity index (χ2n) is 4.12. The maximum atomic E-state index is 13.5. The van der Waals surface area contributed by atoms with E-state index in [9.17, 15) is 18.9 Å². The number of nitro benzene ring substituents is 1. The lowest BCUT2D eigenvalue weighted by atomic mass is 10.1. The van der Waals surface area contributed by atoms with Gasteiger partial charge in [0.2, 0.25) is 5.82 Å². The van der Waals surface area contributed by atoms with Gasteiger partial charge in [-0.3, -0.25) is 15.1 Å². The summed E-state index contributed by atoms with van der Waals surface area (Å²) in [5.74, 6) is -1.99. The van der Waals surface area contributed by atoms with E-state index >= 15 is 0 Å². The van der Waals surface area contributed by atoms with Gasteiger partial charge in [-0.2, -0.15) is 4.39 Å². The Morgan fingerprint density at radius 3 is 2.70 bits per heavy atom. The molecule has 1 aromatic heterocycles. The fraction of sp³-hybridized carbons (Fsp3) is 0.154. The largest absolute Gasteiger partial charge is 0.308 e. The molecule has 0 aliphatic heterocycles. The minimum Gasteiger partial charge on any atom is -0.308 e. The van der Waals surface area contributed by atoms with Crippen LogP contribution in [0.2, 0.25) is 0 Å². The van der Waals surface area contributed by atoms with E-state index in [2.05, 4.69) is 10.3 Å². The van der Waals surface area contributed by atoms with Crippen LogP contribution in [0.4, 0.5) is 14.5 Å². The summed E-state index contributed by atoms with van der Waals surface area (Å²) >= 11 is 0. The average Bonchev–Trinajstić information content (AvgIpc) is 2.42. The first-order valence-electron chi connectivity index (χ1n) is 5.80. The molecular formula is C13H11F2N3O2. The Bertz CT molecular complexity index is 621. The molecule has 0 saturated heterocycles. The molecule has 0 unspecified atom stereocenters. The van der Waals surface area contributed by atoms with Crippen molar-refractivity contribution in [2.75, 3.05) is 0 Å². The smallest absolute Gasteiger partial charge is 0.305 e. The SMILES string of the molecule is O=[N+]([O-])c1cc(CNCc2cccnc2)c(F)cc1F. The van der Waals surface area contributed by atoms with Gasteiger partial charge in [0.25, 0.3) is 0 Å². The van der Waals surface area contributed by atoms with Crippen LogP contribution >= 0.6 is 0 Å². The highest BCUT2D eigenvalue weighted by Crippen LogP contribution is 2.21. The van der Waals surface area contributed by atoms with Crippen molar-refractivity contribution < 1.29 is 13.7 Å². The van der Waals surface area contributed by atoms with Crippen molar-refractivity contribution >= 4 is 5.69 Å². The van der Waals surface area contributed by atoms with Crippen LogP contribution < -0.4 is 5.32 Å². The second kappa shape index (κ2) is 6.16. The topological polar surface area (TPSA) is 68.1 Å². The lowest BCUT2D eigenvalue weighted by Crippen LogP contribution is -2.14. The molecule has 0 atom stereocenters. The molecule has 0 fully saturated rings. The molecule has 0 saturated carbocycles. The van der Waals surface area contributed by atoms with Crippen molar-refractivity contribution in [3.8, 4) is 0 Å². The monoisotopic (exact) mass is 279 g/mol. The molecular weight excluding hydrogens is 268 g/mol. The number of nitrogens with one attached hydrogen (secondary N) is 1. The molecule has 5 nitrogen and oxygen atoms in total. The van der Waals surface area contributed by atoms with Gasteiger partial charge in [-0.1, -0.05) is 6.07 Å². The molecule has 2 rings (SSSR count). The minimum atomic E-state index is -1.18. The van der Waals surface area contributed by atoms with Gasteiger partial charge in [0.05, 0.1) is 4.92 Å². The third-order valence-corrected chi connectivity index (χ3v) is 2.68. The second-order valence-corrected chi connectivity index (χ2v) is 4.12. The normalized spacial score (nSPS) is 10.5. The van der Waals surface area contributed by atoms with E-state index in [0.29, 0.717) is 12.6 Å². The van der Waals surface area contributed by atoms with Gasteiger partial charge in [-0.15, -0.1) is 0 Å². The lowest BCUT2D eigenvalue weighted by Gasteiger charge is -2.06. The first-order chi connectivity index (χ1) is 9.58. The average molecular weight is 279 g/mol. The van der Waals surface area contributed by atoms with Crippen LogP contribution in [0, 0.1) is 21.7 Å². The van der Waals surface area contributed by atoms with Gasteiger partial charge in [0.1, 0.15) is 5.82 Å². The van der Waals surface area contributed by atoms with Crippen LogP contribution in [0.1, 0.15) is 11.1 Å². The van der Waals surface area contributed by atoms with E-state index in [-0.39, 0.29) is 12.1 Å². The highest BCUT2D eigenvalue weighted by molar-refractivity contribution is 5.37. The molecule has 0 spiro atoms. The molecule has 0 amide bonds. The standard InChI is InChI=1S/C13H11F2N3O2/c14-11-5-12(15)13(18(19)20)4-10(11)8-17-7-9-2-1-3-16-6-9/h1-6,17H,7-8H2. The third-order valence-electron chi connectivity index (χ3n) is 2.68. The van der Waals surface area contributed by atoms with E-state index < -0.39 is 22.2 Å². The van der Waals surface area contributed by atoms with Crippen molar-refractivity contribution in [1.82, 2.24) is 10.3 Å². The maximum absolute atomic E-state index is 13.5. The molecule has 0 aliphatic carbocycles. The molecule has 2 aromatic rings. The summed E-state index contributed by atoms with van der Waals surface area (Å²) in [6.45, 7) is 0.486. The number of pyridine rings is 1. The summed E-state index contributed by atoms with van der Waals surface area (Å²) in [6.07, 6.45) is 3.28. The van der Waals surface area contributed by atoms with Crippen LogP contribution in [-0.2, 0) is 13.1 Å². The summed E-state index contributed by atoms with van der Waals surface area (Å²) in [7, 11) is 0. The highest BCUT2D eigenvalue weighted by atomic mass is 19.1. The van der Waals surface area contributed by atoms with Crippen molar-refractivity contribution in [3.63, 3.8) is 0 Å². The van der Waals surface area contributed by atoms with E-state index in [0.717, 1.165) is 11.6 Å². The fourth-order valence-electron chi connectivity index (χ4n) is 1.70. The van der Waals surface area contributed by atoms with Crippen LogP contribution in [0.25, 0.3) is 0 Å². The number of rotatable bonds is 5. The molecule has 7 heteroatoms. The molecule has 0 aliphatic rings. The molecule has 1 aromatic carbocycles. The maximum Gasteiger partial charge on any atom is 0.305 e. The first kappa shape index (κ1) is 14.0. The number of aromatic nitrogens is 1. The van der Waals surface area contributed by atoms with Gasteiger partial charge < -0.3 is 5.32 Å². The van der Waals surface area contributed by atoms with Gasteiger partial charge in [-0.05, 0) is 11.6 Å². The summed E-state index contributed by atoms with van der Waals surface area (Å²) < 4.78 is 26.7. The Morgan fingerprint density at radius 2 is 2.05 bits per heavy atom. The van der Waals surface area contributed by atoms with E-state index in [1.165, 1.54) is 0 Å². The number of benzene rings is 1. The Balaban J connectivity index is 2.06. The molecule has 0 radical (unpaired) electrons. The predicted molar refractivity (Wildman–Crippen MR) is 67.8 cm³/mol. The first-order valence-corrected chi connectivity index (χ1v) is 5.80. The quantitative estimate of drug-likeness (QED) is 0.674. The Hall–Kier alpha value is -2.41.